The second-order valence-corrected chi connectivity index (χ2v) is 7.68. The van der Waals surface area contributed by atoms with Crippen LogP contribution in [-0.4, -0.2) is 32.9 Å². The van der Waals surface area contributed by atoms with Crippen LogP contribution in [0, 0.1) is 11.3 Å². The highest BCUT2D eigenvalue weighted by Gasteiger charge is 2.24. The number of nitriles is 1. The van der Waals surface area contributed by atoms with Crippen molar-refractivity contribution in [1.82, 2.24) is 4.72 Å². The number of carbonyl (C=O) groups is 2. The fourth-order valence-electron chi connectivity index (χ4n) is 2.52. The van der Waals surface area contributed by atoms with E-state index >= 15 is 0 Å². The maximum absolute atomic E-state index is 12.3. The Kier molecular flexibility index (Phi) is 5.30. The fourth-order valence-corrected chi connectivity index (χ4v) is 3.66. The molecule has 10 heteroatoms. The number of nitrogens with zero attached hydrogens (tertiary/aromatic N) is 1. The van der Waals surface area contributed by atoms with E-state index in [-0.39, 0.29) is 16.4 Å². The van der Waals surface area contributed by atoms with E-state index in [2.05, 4.69) is 15.4 Å². The van der Waals surface area contributed by atoms with Crippen LogP contribution in [0.15, 0.2) is 47.4 Å². The molecular weight excluding hydrogens is 384 g/mol. The minimum atomic E-state index is -4.03. The summed E-state index contributed by atoms with van der Waals surface area (Å²) in [7, 11) is -4.03. The van der Waals surface area contributed by atoms with E-state index in [9.17, 15) is 18.0 Å². The van der Waals surface area contributed by atoms with Gasteiger partial charge in [0.1, 0.15) is 11.8 Å². The van der Waals surface area contributed by atoms with Gasteiger partial charge in [-0.1, -0.05) is 12.1 Å². The average molecular weight is 400 g/mol. The number of benzene rings is 2. The highest BCUT2D eigenvalue weighted by Crippen LogP contribution is 2.32. The van der Waals surface area contributed by atoms with Crippen molar-refractivity contribution < 1.29 is 22.7 Å². The molecule has 1 aliphatic rings. The standard InChI is InChI=1S/C18H16N4O5S/c1-11-18(24)22-14-8-13(6-7-15(14)27-11)21-17(23)10-20-28(25,26)16-5-3-2-4-12(16)9-19/h2-8,11,20H,10H2,1H3,(H,21,23)(H,22,24)/t11-/m1/s1. The van der Waals surface area contributed by atoms with Crippen LogP contribution in [0.2, 0.25) is 0 Å². The zero-order valence-corrected chi connectivity index (χ0v) is 15.5. The number of amides is 2. The molecule has 1 atom stereocenters. The van der Waals surface area contributed by atoms with Crippen LogP contribution in [0.1, 0.15) is 12.5 Å². The lowest BCUT2D eigenvalue weighted by atomic mass is 10.2. The number of carbonyl (C=O) groups excluding carboxylic acids is 2. The van der Waals surface area contributed by atoms with Crippen LogP contribution in [0.25, 0.3) is 0 Å². The van der Waals surface area contributed by atoms with Crippen molar-refractivity contribution in [2.24, 2.45) is 0 Å². The van der Waals surface area contributed by atoms with Crippen molar-refractivity contribution in [2.75, 3.05) is 17.2 Å². The SMILES string of the molecule is C[C@H]1Oc2ccc(NC(=O)CNS(=O)(=O)c3ccccc3C#N)cc2NC1=O. The van der Waals surface area contributed by atoms with Gasteiger partial charge in [-0.25, -0.2) is 13.1 Å². The van der Waals surface area contributed by atoms with Gasteiger partial charge in [0.05, 0.1) is 22.7 Å². The van der Waals surface area contributed by atoms with E-state index in [1.54, 1.807) is 31.2 Å². The van der Waals surface area contributed by atoms with Gasteiger partial charge >= 0.3 is 0 Å². The number of anilines is 2. The first kappa shape index (κ1) is 19.3. The molecule has 1 aliphatic heterocycles. The molecule has 0 aliphatic carbocycles. The first-order valence-electron chi connectivity index (χ1n) is 8.20. The molecule has 0 radical (unpaired) electrons. The number of fused-ring (bicyclic) bond motifs is 1. The van der Waals surface area contributed by atoms with Gasteiger partial charge in [0.25, 0.3) is 5.91 Å². The van der Waals surface area contributed by atoms with Gasteiger partial charge in [0.15, 0.2) is 6.10 Å². The maximum Gasteiger partial charge on any atom is 0.265 e. The number of nitrogens with one attached hydrogen (secondary N) is 3. The zero-order chi connectivity index (χ0) is 20.3. The van der Waals surface area contributed by atoms with Gasteiger partial charge < -0.3 is 15.4 Å². The molecule has 0 aromatic heterocycles. The summed E-state index contributed by atoms with van der Waals surface area (Å²) in [6, 6.07) is 12.2. The van der Waals surface area contributed by atoms with E-state index in [4.69, 9.17) is 10.00 Å². The van der Waals surface area contributed by atoms with Crippen molar-refractivity contribution in [3.63, 3.8) is 0 Å². The summed E-state index contributed by atoms with van der Waals surface area (Å²) in [5.74, 6) is -0.451. The zero-order valence-electron chi connectivity index (χ0n) is 14.7. The Balaban J connectivity index is 1.66. The van der Waals surface area contributed by atoms with Crippen molar-refractivity contribution >= 4 is 33.2 Å². The van der Waals surface area contributed by atoms with Gasteiger partial charge in [-0.05, 0) is 37.3 Å². The summed E-state index contributed by atoms with van der Waals surface area (Å²) in [6.07, 6.45) is -0.612. The fraction of sp³-hybridized carbons (Fsp3) is 0.167. The highest BCUT2D eigenvalue weighted by molar-refractivity contribution is 7.89. The lowest BCUT2D eigenvalue weighted by molar-refractivity contribution is -0.122. The van der Waals surface area contributed by atoms with E-state index < -0.39 is 28.6 Å². The molecule has 144 valence electrons. The number of rotatable bonds is 5. The van der Waals surface area contributed by atoms with Crippen LogP contribution in [-0.2, 0) is 19.6 Å². The molecule has 9 nitrogen and oxygen atoms in total. The normalized spacial score (nSPS) is 15.6. The molecular formula is C18H16N4O5S. The first-order valence-corrected chi connectivity index (χ1v) is 9.68. The molecule has 0 bridgehead atoms. The van der Waals surface area contributed by atoms with Crippen molar-refractivity contribution in [1.29, 1.82) is 5.26 Å². The molecule has 0 spiro atoms. The Morgan fingerprint density at radius 1 is 1.29 bits per heavy atom. The third-order valence-corrected chi connectivity index (χ3v) is 5.37. The lowest BCUT2D eigenvalue weighted by Gasteiger charge is -2.23. The predicted octanol–water partition coefficient (Wildman–Crippen LogP) is 1.19. The molecule has 0 saturated heterocycles. The summed E-state index contributed by atoms with van der Waals surface area (Å²) < 4.78 is 32.2. The third kappa shape index (κ3) is 4.11. The Morgan fingerprint density at radius 3 is 2.79 bits per heavy atom. The topological polar surface area (TPSA) is 137 Å². The summed E-state index contributed by atoms with van der Waals surface area (Å²) in [5.41, 5.74) is 0.748. The van der Waals surface area contributed by atoms with Gasteiger partial charge in [-0.3, -0.25) is 9.59 Å². The van der Waals surface area contributed by atoms with Gasteiger partial charge in [-0.15, -0.1) is 0 Å². The largest absolute Gasteiger partial charge is 0.479 e. The smallest absolute Gasteiger partial charge is 0.265 e. The third-order valence-electron chi connectivity index (χ3n) is 3.91. The minimum Gasteiger partial charge on any atom is -0.479 e. The van der Waals surface area contributed by atoms with E-state index in [1.807, 2.05) is 0 Å². The Labute approximate surface area is 161 Å². The molecule has 3 N–H and O–H groups in total. The molecule has 0 fully saturated rings. The van der Waals surface area contributed by atoms with E-state index in [0.717, 1.165) is 0 Å². The molecule has 0 saturated carbocycles. The number of ether oxygens (including phenoxy) is 1. The van der Waals surface area contributed by atoms with Crippen LogP contribution in [0.5, 0.6) is 5.75 Å². The highest BCUT2D eigenvalue weighted by atomic mass is 32.2. The molecule has 2 amide bonds. The van der Waals surface area contributed by atoms with Crippen molar-refractivity contribution in [3.05, 3.63) is 48.0 Å². The summed E-state index contributed by atoms with van der Waals surface area (Å²) in [4.78, 5) is 23.6. The average Bonchev–Trinajstić information content (AvgIpc) is 2.67. The second kappa shape index (κ2) is 7.67. The second-order valence-electron chi connectivity index (χ2n) is 5.94. The number of sulfonamides is 1. The van der Waals surface area contributed by atoms with Crippen molar-refractivity contribution in [3.8, 4) is 11.8 Å². The van der Waals surface area contributed by atoms with Crippen LogP contribution in [0.3, 0.4) is 0 Å². The number of hydrogen-bond donors (Lipinski definition) is 3. The van der Waals surface area contributed by atoms with Crippen LogP contribution in [0.4, 0.5) is 11.4 Å². The van der Waals surface area contributed by atoms with E-state index in [0.29, 0.717) is 17.1 Å². The van der Waals surface area contributed by atoms with Gasteiger partial charge in [0.2, 0.25) is 15.9 Å². The monoisotopic (exact) mass is 400 g/mol. The maximum atomic E-state index is 12.3. The summed E-state index contributed by atoms with van der Waals surface area (Å²) in [5, 5.41) is 14.2. The minimum absolute atomic E-state index is 0.0185. The molecule has 28 heavy (non-hydrogen) atoms. The lowest BCUT2D eigenvalue weighted by Crippen LogP contribution is -2.34. The Bertz CT molecular complexity index is 1090. The first-order chi connectivity index (χ1) is 13.3. The summed E-state index contributed by atoms with van der Waals surface area (Å²) >= 11 is 0. The molecule has 3 rings (SSSR count). The predicted molar refractivity (Wildman–Crippen MR) is 100 cm³/mol. The molecule has 0 unspecified atom stereocenters. The van der Waals surface area contributed by atoms with E-state index in [1.165, 1.54) is 24.3 Å². The van der Waals surface area contributed by atoms with Gasteiger partial charge in [0, 0.05) is 5.69 Å². The summed E-state index contributed by atoms with van der Waals surface area (Å²) in [6.45, 7) is 1.09. The Hall–Kier alpha value is -3.42. The van der Waals surface area contributed by atoms with Gasteiger partial charge in [-0.2, -0.15) is 5.26 Å². The van der Waals surface area contributed by atoms with Crippen LogP contribution < -0.4 is 20.1 Å². The Morgan fingerprint density at radius 2 is 2.04 bits per heavy atom. The number of hydrogen-bond acceptors (Lipinski definition) is 6. The molecule has 1 heterocycles. The van der Waals surface area contributed by atoms with Crippen molar-refractivity contribution in [2.45, 2.75) is 17.9 Å². The van der Waals surface area contributed by atoms with Crippen LogP contribution >= 0.6 is 0 Å². The quantitative estimate of drug-likeness (QED) is 0.689. The molecule has 2 aromatic rings. The molecule has 2 aromatic carbocycles.